The zero-order valence-electron chi connectivity index (χ0n) is 12.3. The van der Waals surface area contributed by atoms with Crippen LogP contribution in [-0.2, 0) is 16.0 Å². The van der Waals surface area contributed by atoms with Gasteiger partial charge in [0, 0.05) is 26.1 Å². The van der Waals surface area contributed by atoms with Gasteiger partial charge in [-0.2, -0.15) is 0 Å². The molecule has 0 aliphatic rings. The molecule has 0 fully saturated rings. The molecule has 0 aliphatic carbocycles. The molecule has 1 aromatic rings. The third kappa shape index (κ3) is 5.40. The van der Waals surface area contributed by atoms with Crippen LogP contribution >= 0.6 is 0 Å². The number of methoxy groups -OCH3 is 1. The van der Waals surface area contributed by atoms with Gasteiger partial charge in [-0.1, -0.05) is 6.92 Å². The van der Waals surface area contributed by atoms with E-state index >= 15 is 0 Å². The van der Waals surface area contributed by atoms with Gasteiger partial charge < -0.3 is 21.1 Å². The van der Waals surface area contributed by atoms with Crippen molar-refractivity contribution in [1.29, 1.82) is 0 Å². The van der Waals surface area contributed by atoms with Gasteiger partial charge in [-0.25, -0.2) is 9.97 Å². The third-order valence-electron chi connectivity index (χ3n) is 2.63. The monoisotopic (exact) mass is 281 g/mol. The summed E-state index contributed by atoms with van der Waals surface area (Å²) in [6.07, 6.45) is 1.70. The SMILES string of the molecule is CCCc1nc(N)cc(NC(C)C(=O)NCCOC)n1. The predicted molar refractivity (Wildman–Crippen MR) is 78.4 cm³/mol. The molecule has 1 heterocycles. The highest BCUT2D eigenvalue weighted by atomic mass is 16.5. The Hall–Kier alpha value is -1.89. The number of amides is 1. The molecule has 1 atom stereocenters. The van der Waals surface area contributed by atoms with Crippen LogP contribution in [0.5, 0.6) is 0 Å². The van der Waals surface area contributed by atoms with E-state index in [-0.39, 0.29) is 5.91 Å². The third-order valence-corrected chi connectivity index (χ3v) is 2.63. The number of rotatable bonds is 8. The van der Waals surface area contributed by atoms with E-state index in [0.29, 0.717) is 30.6 Å². The molecule has 0 aromatic carbocycles. The molecule has 1 rings (SSSR count). The second-order valence-electron chi connectivity index (χ2n) is 4.49. The van der Waals surface area contributed by atoms with Crippen LogP contribution < -0.4 is 16.4 Å². The summed E-state index contributed by atoms with van der Waals surface area (Å²) in [6, 6.07) is 1.22. The van der Waals surface area contributed by atoms with Crippen LogP contribution in [0.1, 0.15) is 26.1 Å². The van der Waals surface area contributed by atoms with Crippen molar-refractivity contribution in [2.24, 2.45) is 0 Å². The van der Waals surface area contributed by atoms with Crippen molar-refractivity contribution in [3.05, 3.63) is 11.9 Å². The highest BCUT2D eigenvalue weighted by molar-refractivity contribution is 5.83. The zero-order valence-corrected chi connectivity index (χ0v) is 12.3. The fraction of sp³-hybridized carbons (Fsp3) is 0.615. The maximum Gasteiger partial charge on any atom is 0.242 e. The fourth-order valence-corrected chi connectivity index (χ4v) is 1.64. The van der Waals surface area contributed by atoms with Gasteiger partial charge in [0.25, 0.3) is 0 Å². The van der Waals surface area contributed by atoms with E-state index in [4.69, 9.17) is 10.5 Å². The molecule has 0 aliphatic heterocycles. The van der Waals surface area contributed by atoms with Crippen LogP contribution in [0.2, 0.25) is 0 Å². The van der Waals surface area contributed by atoms with Crippen LogP contribution in [-0.4, -0.2) is 42.2 Å². The average molecular weight is 281 g/mol. The van der Waals surface area contributed by atoms with Crippen molar-refractivity contribution in [3.63, 3.8) is 0 Å². The lowest BCUT2D eigenvalue weighted by Crippen LogP contribution is -2.39. The van der Waals surface area contributed by atoms with E-state index in [2.05, 4.69) is 20.6 Å². The number of aromatic nitrogens is 2. The molecule has 1 aromatic heterocycles. The Morgan fingerprint density at radius 3 is 2.90 bits per heavy atom. The Bertz CT molecular complexity index is 439. The first-order valence-corrected chi connectivity index (χ1v) is 6.73. The van der Waals surface area contributed by atoms with Crippen LogP contribution in [0.15, 0.2) is 6.07 Å². The summed E-state index contributed by atoms with van der Waals surface area (Å²) < 4.78 is 4.88. The van der Waals surface area contributed by atoms with E-state index in [1.54, 1.807) is 20.1 Å². The number of hydrogen-bond donors (Lipinski definition) is 3. The number of nitrogen functional groups attached to an aromatic ring is 1. The second-order valence-corrected chi connectivity index (χ2v) is 4.49. The largest absolute Gasteiger partial charge is 0.384 e. The van der Waals surface area contributed by atoms with Crippen molar-refractivity contribution in [2.75, 3.05) is 31.3 Å². The zero-order chi connectivity index (χ0) is 15.0. The summed E-state index contributed by atoms with van der Waals surface area (Å²) >= 11 is 0. The number of nitrogens with zero attached hydrogens (tertiary/aromatic N) is 2. The lowest BCUT2D eigenvalue weighted by molar-refractivity contribution is -0.121. The van der Waals surface area contributed by atoms with Crippen LogP contribution in [0.25, 0.3) is 0 Å². The Morgan fingerprint density at radius 1 is 1.50 bits per heavy atom. The fourth-order valence-electron chi connectivity index (χ4n) is 1.64. The number of nitrogens with two attached hydrogens (primary N) is 1. The molecule has 112 valence electrons. The Kier molecular flexibility index (Phi) is 6.72. The number of hydrogen-bond acceptors (Lipinski definition) is 6. The van der Waals surface area contributed by atoms with Gasteiger partial charge in [0.05, 0.1) is 6.61 Å². The number of anilines is 2. The topological polar surface area (TPSA) is 102 Å². The smallest absolute Gasteiger partial charge is 0.242 e. The van der Waals surface area contributed by atoms with Crippen LogP contribution in [0.4, 0.5) is 11.6 Å². The minimum absolute atomic E-state index is 0.115. The molecule has 0 spiro atoms. The molecule has 0 radical (unpaired) electrons. The normalized spacial score (nSPS) is 11.9. The number of carbonyl (C=O) groups excluding carboxylic acids is 1. The number of ether oxygens (including phenoxy) is 1. The number of aryl methyl sites for hydroxylation is 1. The molecular weight excluding hydrogens is 258 g/mol. The van der Waals surface area contributed by atoms with Crippen molar-refractivity contribution in [3.8, 4) is 0 Å². The molecule has 1 amide bonds. The van der Waals surface area contributed by atoms with Gasteiger partial charge in [-0.3, -0.25) is 4.79 Å². The maximum absolute atomic E-state index is 11.8. The van der Waals surface area contributed by atoms with Gasteiger partial charge in [0.1, 0.15) is 23.5 Å². The highest BCUT2D eigenvalue weighted by Gasteiger charge is 2.13. The molecule has 20 heavy (non-hydrogen) atoms. The summed E-state index contributed by atoms with van der Waals surface area (Å²) in [5, 5.41) is 5.78. The summed E-state index contributed by atoms with van der Waals surface area (Å²) in [4.78, 5) is 20.3. The summed E-state index contributed by atoms with van der Waals surface area (Å²) in [5.41, 5.74) is 5.73. The van der Waals surface area contributed by atoms with Gasteiger partial charge in [-0.05, 0) is 13.3 Å². The summed E-state index contributed by atoms with van der Waals surface area (Å²) in [6.45, 7) is 4.78. The number of nitrogens with one attached hydrogen (secondary N) is 2. The van der Waals surface area contributed by atoms with Gasteiger partial charge in [0.15, 0.2) is 0 Å². The number of carbonyl (C=O) groups is 1. The van der Waals surface area contributed by atoms with E-state index in [1.807, 2.05) is 6.92 Å². The van der Waals surface area contributed by atoms with Crippen LogP contribution in [0.3, 0.4) is 0 Å². The minimum Gasteiger partial charge on any atom is -0.384 e. The average Bonchev–Trinajstić information content (AvgIpc) is 2.38. The first-order valence-electron chi connectivity index (χ1n) is 6.73. The first kappa shape index (κ1) is 16.2. The van der Waals surface area contributed by atoms with Gasteiger partial charge in [-0.15, -0.1) is 0 Å². The van der Waals surface area contributed by atoms with Crippen LogP contribution in [0, 0.1) is 0 Å². The lowest BCUT2D eigenvalue weighted by Gasteiger charge is -2.15. The van der Waals surface area contributed by atoms with Crippen molar-refractivity contribution < 1.29 is 9.53 Å². The highest BCUT2D eigenvalue weighted by Crippen LogP contribution is 2.10. The van der Waals surface area contributed by atoms with E-state index in [0.717, 1.165) is 12.8 Å². The molecule has 0 saturated carbocycles. The van der Waals surface area contributed by atoms with Gasteiger partial charge in [0.2, 0.25) is 5.91 Å². The molecule has 1 unspecified atom stereocenters. The Labute approximate surface area is 119 Å². The molecule has 0 saturated heterocycles. The van der Waals surface area contributed by atoms with Crippen molar-refractivity contribution in [2.45, 2.75) is 32.7 Å². The molecular formula is C13H23N5O2. The first-order chi connectivity index (χ1) is 9.56. The lowest BCUT2D eigenvalue weighted by atomic mass is 10.3. The minimum atomic E-state index is -0.407. The predicted octanol–water partition coefficient (Wildman–Crippen LogP) is 0.574. The summed E-state index contributed by atoms with van der Waals surface area (Å²) in [7, 11) is 1.59. The summed E-state index contributed by atoms with van der Waals surface area (Å²) in [5.74, 6) is 1.53. The maximum atomic E-state index is 11.8. The Balaban J connectivity index is 2.60. The molecule has 7 nitrogen and oxygen atoms in total. The van der Waals surface area contributed by atoms with E-state index < -0.39 is 6.04 Å². The molecule has 7 heteroatoms. The standard InChI is InChI=1S/C13H23N5O2/c1-4-5-11-17-10(14)8-12(18-11)16-9(2)13(19)15-6-7-20-3/h8-9H,4-7H2,1-3H3,(H,15,19)(H3,14,16,17,18). The van der Waals surface area contributed by atoms with Gasteiger partial charge >= 0.3 is 0 Å². The second kappa shape index (κ2) is 8.31. The van der Waals surface area contributed by atoms with Crippen molar-refractivity contribution >= 4 is 17.5 Å². The quantitative estimate of drug-likeness (QED) is 0.602. The van der Waals surface area contributed by atoms with Crippen molar-refractivity contribution in [1.82, 2.24) is 15.3 Å². The van der Waals surface area contributed by atoms with E-state index in [9.17, 15) is 4.79 Å². The molecule has 0 bridgehead atoms. The Morgan fingerprint density at radius 2 is 2.25 bits per heavy atom. The van der Waals surface area contributed by atoms with E-state index in [1.165, 1.54) is 0 Å². The molecule has 4 N–H and O–H groups in total.